The molecule has 132 valence electrons. The molecule has 25 heavy (non-hydrogen) atoms. The van der Waals surface area contributed by atoms with Crippen LogP contribution in [0, 0.1) is 0 Å². The zero-order valence-electron chi connectivity index (χ0n) is 14.6. The minimum Gasteiger partial charge on any atom is -0.485 e. The van der Waals surface area contributed by atoms with E-state index < -0.39 is 6.10 Å². The minimum absolute atomic E-state index is 0.192. The molecule has 1 amide bonds. The van der Waals surface area contributed by atoms with Gasteiger partial charge in [-0.3, -0.25) is 4.79 Å². The lowest BCUT2D eigenvalue weighted by atomic mass is 10.2. The lowest BCUT2D eigenvalue weighted by Crippen LogP contribution is -2.43. The first-order valence-corrected chi connectivity index (χ1v) is 8.57. The van der Waals surface area contributed by atoms with Crippen molar-refractivity contribution in [3.8, 4) is 11.5 Å². The number of nitrogens with zero attached hydrogens (tertiary/aromatic N) is 2. The van der Waals surface area contributed by atoms with Gasteiger partial charge in [0, 0.05) is 25.8 Å². The Morgan fingerprint density at radius 2 is 1.96 bits per heavy atom. The molecule has 1 aromatic heterocycles. The van der Waals surface area contributed by atoms with Gasteiger partial charge in [-0.05, 0) is 37.6 Å². The molecule has 0 saturated heterocycles. The predicted molar refractivity (Wildman–Crippen MR) is 96.0 cm³/mol. The van der Waals surface area contributed by atoms with Crippen LogP contribution >= 0.6 is 0 Å². The molecule has 6 heteroatoms. The molecule has 0 fully saturated rings. The number of carbonyl (C=O) groups is 1. The van der Waals surface area contributed by atoms with Gasteiger partial charge in [0.2, 0.25) is 6.10 Å². The molecule has 6 nitrogen and oxygen atoms in total. The largest absolute Gasteiger partial charge is 0.485 e. The van der Waals surface area contributed by atoms with Crippen LogP contribution in [0.5, 0.6) is 11.5 Å². The Bertz CT molecular complexity index is 714. The molecular formula is C19H23N3O3. The van der Waals surface area contributed by atoms with E-state index in [1.165, 1.54) is 0 Å². The summed E-state index contributed by atoms with van der Waals surface area (Å²) < 4.78 is 11.3. The average Bonchev–Trinajstić information content (AvgIpc) is 2.67. The maximum absolute atomic E-state index is 12.3. The molecule has 0 radical (unpaired) electrons. The van der Waals surface area contributed by atoms with Crippen LogP contribution < -0.4 is 19.7 Å². The highest BCUT2D eigenvalue weighted by Crippen LogP contribution is 2.30. The van der Waals surface area contributed by atoms with Crippen LogP contribution in [0.4, 0.5) is 5.82 Å². The van der Waals surface area contributed by atoms with E-state index in [-0.39, 0.29) is 12.5 Å². The van der Waals surface area contributed by atoms with Crippen molar-refractivity contribution in [1.29, 1.82) is 0 Å². The fraction of sp³-hybridized carbons (Fsp3) is 0.368. The summed E-state index contributed by atoms with van der Waals surface area (Å²) in [6.07, 6.45) is 1.15. The molecule has 0 saturated carbocycles. The fourth-order valence-corrected chi connectivity index (χ4v) is 2.71. The van der Waals surface area contributed by atoms with Crippen molar-refractivity contribution in [2.45, 2.75) is 26.5 Å². The van der Waals surface area contributed by atoms with Crippen molar-refractivity contribution < 1.29 is 14.3 Å². The number of hydrogen-bond donors (Lipinski definition) is 1. The van der Waals surface area contributed by atoms with Gasteiger partial charge in [-0.15, -0.1) is 0 Å². The van der Waals surface area contributed by atoms with Crippen molar-refractivity contribution >= 4 is 11.7 Å². The molecule has 3 rings (SSSR count). The highest BCUT2D eigenvalue weighted by atomic mass is 16.6. The molecular weight excluding hydrogens is 318 g/mol. The number of nitrogens with one attached hydrogen (secondary N) is 1. The van der Waals surface area contributed by atoms with Crippen molar-refractivity contribution in [3.63, 3.8) is 0 Å². The third kappa shape index (κ3) is 4.02. The van der Waals surface area contributed by atoms with E-state index in [9.17, 15) is 4.79 Å². The van der Waals surface area contributed by atoms with Crippen molar-refractivity contribution in [2.75, 3.05) is 24.6 Å². The molecule has 0 bridgehead atoms. The zero-order chi connectivity index (χ0) is 17.6. The molecule has 2 heterocycles. The van der Waals surface area contributed by atoms with Crippen LogP contribution in [0.15, 0.2) is 42.6 Å². The van der Waals surface area contributed by atoms with Gasteiger partial charge in [0.05, 0.1) is 0 Å². The molecule has 0 aliphatic carbocycles. The van der Waals surface area contributed by atoms with Gasteiger partial charge in [-0.25, -0.2) is 4.98 Å². The quantitative estimate of drug-likeness (QED) is 0.874. The van der Waals surface area contributed by atoms with Gasteiger partial charge in [0.1, 0.15) is 12.4 Å². The van der Waals surface area contributed by atoms with Gasteiger partial charge in [-0.1, -0.05) is 18.2 Å². The zero-order valence-corrected chi connectivity index (χ0v) is 14.6. The molecule has 2 aromatic rings. The van der Waals surface area contributed by atoms with E-state index in [2.05, 4.69) is 29.0 Å². The first-order valence-electron chi connectivity index (χ1n) is 8.57. The Morgan fingerprint density at radius 3 is 2.64 bits per heavy atom. The molecule has 1 aromatic carbocycles. The fourth-order valence-electron chi connectivity index (χ4n) is 2.71. The summed E-state index contributed by atoms with van der Waals surface area (Å²) in [5.41, 5.74) is 0.946. The Hall–Kier alpha value is -2.76. The topological polar surface area (TPSA) is 63.7 Å². The summed E-state index contributed by atoms with van der Waals surface area (Å²) in [6, 6.07) is 11.3. The summed E-state index contributed by atoms with van der Waals surface area (Å²) >= 11 is 0. The molecule has 1 N–H and O–H groups in total. The Kier molecular flexibility index (Phi) is 5.38. The number of pyridine rings is 1. The van der Waals surface area contributed by atoms with Crippen molar-refractivity contribution in [3.05, 3.63) is 48.2 Å². The standard InChI is InChI=1S/C19H23N3O3/c1-3-22(4-2)18-10-9-14(11-20-18)12-21-19(23)17-13-24-15-7-5-6-8-16(15)25-17/h5-11,17H,3-4,12-13H2,1-2H3,(H,21,23). The van der Waals surface area contributed by atoms with Crippen LogP contribution in [0.2, 0.25) is 0 Å². The Morgan fingerprint density at radius 1 is 1.20 bits per heavy atom. The number of fused-ring (bicyclic) bond motifs is 1. The minimum atomic E-state index is -0.641. The van der Waals surface area contributed by atoms with E-state index >= 15 is 0 Å². The van der Waals surface area contributed by atoms with Gasteiger partial charge >= 0.3 is 0 Å². The predicted octanol–water partition coefficient (Wildman–Crippen LogP) is 2.38. The average molecular weight is 341 g/mol. The van der Waals surface area contributed by atoms with Crippen LogP contribution in [0.25, 0.3) is 0 Å². The number of amides is 1. The summed E-state index contributed by atoms with van der Waals surface area (Å²) in [5.74, 6) is 2.02. The molecule has 1 aliphatic heterocycles. The monoisotopic (exact) mass is 341 g/mol. The molecule has 1 unspecified atom stereocenters. The second-order valence-electron chi connectivity index (χ2n) is 5.78. The summed E-state index contributed by atoms with van der Waals surface area (Å²) in [4.78, 5) is 18.9. The number of aromatic nitrogens is 1. The summed E-state index contributed by atoms with van der Waals surface area (Å²) in [7, 11) is 0. The number of benzene rings is 1. The molecule has 0 spiro atoms. The number of rotatable bonds is 6. The van der Waals surface area contributed by atoms with Gasteiger partial charge < -0.3 is 19.7 Å². The van der Waals surface area contributed by atoms with Gasteiger partial charge in [0.25, 0.3) is 5.91 Å². The lowest BCUT2D eigenvalue weighted by Gasteiger charge is -2.25. The normalized spacial score (nSPS) is 15.5. The highest BCUT2D eigenvalue weighted by molar-refractivity contribution is 5.81. The third-order valence-electron chi connectivity index (χ3n) is 4.16. The molecule has 1 aliphatic rings. The number of para-hydroxylation sites is 2. The second-order valence-corrected chi connectivity index (χ2v) is 5.78. The first-order chi connectivity index (χ1) is 12.2. The van der Waals surface area contributed by atoms with Gasteiger partial charge in [-0.2, -0.15) is 0 Å². The van der Waals surface area contributed by atoms with E-state index in [0.717, 1.165) is 24.5 Å². The van der Waals surface area contributed by atoms with Crippen LogP contribution in [0.3, 0.4) is 0 Å². The summed E-state index contributed by atoms with van der Waals surface area (Å²) in [5, 5.41) is 2.88. The second kappa shape index (κ2) is 7.88. The van der Waals surface area contributed by atoms with E-state index in [0.29, 0.717) is 18.0 Å². The van der Waals surface area contributed by atoms with Crippen molar-refractivity contribution in [2.24, 2.45) is 0 Å². The number of anilines is 1. The van der Waals surface area contributed by atoms with E-state index in [1.807, 2.05) is 30.3 Å². The Balaban J connectivity index is 1.54. The summed E-state index contributed by atoms with van der Waals surface area (Å²) in [6.45, 7) is 6.65. The maximum atomic E-state index is 12.3. The highest BCUT2D eigenvalue weighted by Gasteiger charge is 2.26. The van der Waals surface area contributed by atoms with E-state index in [4.69, 9.17) is 9.47 Å². The lowest BCUT2D eigenvalue weighted by molar-refractivity contribution is -0.130. The first kappa shape index (κ1) is 17.1. The number of ether oxygens (including phenoxy) is 2. The third-order valence-corrected chi connectivity index (χ3v) is 4.16. The molecule has 1 atom stereocenters. The van der Waals surface area contributed by atoms with Crippen LogP contribution in [0.1, 0.15) is 19.4 Å². The van der Waals surface area contributed by atoms with Gasteiger partial charge in [0.15, 0.2) is 11.5 Å². The van der Waals surface area contributed by atoms with E-state index in [1.54, 1.807) is 12.3 Å². The Labute approximate surface area is 147 Å². The number of carbonyl (C=O) groups excluding carboxylic acids is 1. The van der Waals surface area contributed by atoms with Crippen LogP contribution in [-0.4, -0.2) is 36.7 Å². The maximum Gasteiger partial charge on any atom is 0.264 e. The van der Waals surface area contributed by atoms with Crippen molar-refractivity contribution in [1.82, 2.24) is 10.3 Å². The van der Waals surface area contributed by atoms with Crippen LogP contribution in [-0.2, 0) is 11.3 Å². The smallest absolute Gasteiger partial charge is 0.264 e. The SMILES string of the molecule is CCN(CC)c1ccc(CNC(=O)C2COc3ccccc3O2)cn1. The number of hydrogen-bond acceptors (Lipinski definition) is 5.